The molecule has 0 aliphatic carbocycles. The molecule has 1 aromatic rings. The van der Waals surface area contributed by atoms with Crippen LogP contribution in [0.3, 0.4) is 0 Å². The molecule has 0 fully saturated rings. The van der Waals surface area contributed by atoms with Crippen LogP contribution in [0.15, 0.2) is 12.1 Å². The summed E-state index contributed by atoms with van der Waals surface area (Å²) >= 11 is 0. The van der Waals surface area contributed by atoms with Gasteiger partial charge in [-0.3, -0.25) is 4.79 Å². The maximum absolute atomic E-state index is 10.7. The zero-order valence-corrected chi connectivity index (χ0v) is 6.89. The Hall–Kier alpha value is -2.24. The van der Waals surface area contributed by atoms with Gasteiger partial charge >= 0.3 is 5.97 Å². The maximum atomic E-state index is 10.7. The van der Waals surface area contributed by atoms with Gasteiger partial charge in [0.05, 0.1) is 0 Å². The van der Waals surface area contributed by atoms with Crippen LogP contribution in [0.2, 0.25) is 0 Å². The lowest BCUT2D eigenvalue weighted by atomic mass is 10.1. The molecule has 0 spiro atoms. The van der Waals surface area contributed by atoms with Crippen molar-refractivity contribution in [2.45, 2.75) is 0 Å². The summed E-state index contributed by atoms with van der Waals surface area (Å²) in [6, 6.07) is 1.95. The number of carbonyl (C=O) groups is 2. The van der Waals surface area contributed by atoms with Gasteiger partial charge in [-0.25, -0.2) is 4.79 Å². The summed E-state index contributed by atoms with van der Waals surface area (Å²) in [7, 11) is 0. The summed E-state index contributed by atoms with van der Waals surface area (Å²) in [4.78, 5) is 21.2. The Morgan fingerprint density at radius 2 is 1.79 bits per heavy atom. The van der Waals surface area contributed by atoms with E-state index in [9.17, 15) is 14.7 Å². The minimum Gasteiger partial charge on any atom is -0.507 e. The first-order valence-electron chi connectivity index (χ1n) is 3.53. The summed E-state index contributed by atoms with van der Waals surface area (Å²) in [5.41, 5.74) is 3.75. The minimum atomic E-state index is -1.41. The van der Waals surface area contributed by atoms with E-state index in [0.29, 0.717) is 0 Å². The van der Waals surface area contributed by atoms with Gasteiger partial charge in [0.25, 0.3) is 5.91 Å². The molecule has 14 heavy (non-hydrogen) atoms. The molecule has 5 N–H and O–H groups in total. The Kier molecular flexibility index (Phi) is 2.29. The van der Waals surface area contributed by atoms with Crippen LogP contribution >= 0.6 is 0 Å². The van der Waals surface area contributed by atoms with Crippen molar-refractivity contribution in [3.63, 3.8) is 0 Å². The molecule has 0 aliphatic rings. The molecule has 1 amide bonds. The molecule has 1 rings (SSSR count). The largest absolute Gasteiger partial charge is 0.507 e. The van der Waals surface area contributed by atoms with Gasteiger partial charge in [0.15, 0.2) is 0 Å². The van der Waals surface area contributed by atoms with Gasteiger partial charge in [-0.05, 0) is 12.1 Å². The van der Waals surface area contributed by atoms with E-state index in [4.69, 9.17) is 15.9 Å². The molecule has 0 aromatic heterocycles. The number of hydrogen-bond acceptors (Lipinski definition) is 4. The zero-order chi connectivity index (χ0) is 10.9. The van der Waals surface area contributed by atoms with Crippen molar-refractivity contribution in [1.29, 1.82) is 0 Å². The number of benzene rings is 1. The van der Waals surface area contributed by atoms with Crippen LogP contribution in [-0.4, -0.2) is 27.2 Å². The van der Waals surface area contributed by atoms with E-state index >= 15 is 0 Å². The molecule has 0 radical (unpaired) electrons. The number of hydrogen-bond donors (Lipinski definition) is 4. The molecule has 0 bridgehead atoms. The summed E-state index contributed by atoms with van der Waals surface area (Å²) in [5, 5.41) is 27.0. The number of rotatable bonds is 2. The molecule has 0 atom stereocenters. The second kappa shape index (κ2) is 3.25. The highest BCUT2D eigenvalue weighted by molar-refractivity contribution is 6.03. The van der Waals surface area contributed by atoms with E-state index < -0.39 is 34.5 Å². The lowest BCUT2D eigenvalue weighted by Gasteiger charge is -2.05. The normalized spacial score (nSPS) is 9.71. The van der Waals surface area contributed by atoms with Gasteiger partial charge in [-0.1, -0.05) is 0 Å². The fourth-order valence-corrected chi connectivity index (χ4v) is 0.996. The van der Waals surface area contributed by atoms with Crippen molar-refractivity contribution in [1.82, 2.24) is 0 Å². The average molecular weight is 197 g/mol. The van der Waals surface area contributed by atoms with Crippen molar-refractivity contribution >= 4 is 11.9 Å². The van der Waals surface area contributed by atoms with Gasteiger partial charge in [0.1, 0.15) is 22.6 Å². The Bertz CT molecular complexity index is 412. The predicted molar refractivity (Wildman–Crippen MR) is 45.2 cm³/mol. The van der Waals surface area contributed by atoms with E-state index in [1.165, 1.54) is 0 Å². The molecule has 0 aliphatic heterocycles. The summed E-state index contributed by atoms with van der Waals surface area (Å²) in [5.74, 6) is -3.89. The molecule has 0 heterocycles. The van der Waals surface area contributed by atoms with Crippen LogP contribution in [-0.2, 0) is 0 Å². The van der Waals surface area contributed by atoms with Crippen molar-refractivity contribution in [3.05, 3.63) is 23.3 Å². The lowest BCUT2D eigenvalue weighted by Crippen LogP contribution is -2.13. The van der Waals surface area contributed by atoms with Gasteiger partial charge in [-0.15, -0.1) is 0 Å². The Labute approximate surface area is 78.2 Å². The van der Waals surface area contributed by atoms with Crippen LogP contribution in [0.5, 0.6) is 11.5 Å². The van der Waals surface area contributed by atoms with Crippen LogP contribution in [0.4, 0.5) is 0 Å². The van der Waals surface area contributed by atoms with E-state index in [1.807, 2.05) is 0 Å². The molecule has 74 valence electrons. The third-order valence-corrected chi connectivity index (χ3v) is 1.63. The van der Waals surface area contributed by atoms with Crippen LogP contribution in [0, 0.1) is 0 Å². The SMILES string of the molecule is NC(=O)c1c(O)ccc(C(=O)O)c1O. The van der Waals surface area contributed by atoms with Gasteiger partial charge < -0.3 is 21.1 Å². The number of carboxylic acids is 1. The zero-order valence-electron chi connectivity index (χ0n) is 6.89. The first kappa shape index (κ1) is 9.85. The second-order valence-electron chi connectivity index (χ2n) is 2.53. The molecular formula is C8H7NO5. The Balaban J connectivity index is 3.49. The highest BCUT2D eigenvalue weighted by Crippen LogP contribution is 2.29. The number of phenols is 2. The predicted octanol–water partition coefficient (Wildman–Crippen LogP) is -0.105. The van der Waals surface area contributed by atoms with E-state index in [-0.39, 0.29) is 0 Å². The van der Waals surface area contributed by atoms with Crippen LogP contribution in [0.25, 0.3) is 0 Å². The average Bonchev–Trinajstić information content (AvgIpc) is 2.02. The Morgan fingerprint density at radius 3 is 2.21 bits per heavy atom. The van der Waals surface area contributed by atoms with E-state index in [1.54, 1.807) is 0 Å². The molecule has 0 saturated heterocycles. The molecule has 1 aromatic carbocycles. The molecule has 6 heteroatoms. The fourth-order valence-electron chi connectivity index (χ4n) is 0.996. The lowest BCUT2D eigenvalue weighted by molar-refractivity contribution is 0.0693. The highest BCUT2D eigenvalue weighted by Gasteiger charge is 2.20. The smallest absolute Gasteiger partial charge is 0.339 e. The number of aromatic hydroxyl groups is 2. The topological polar surface area (TPSA) is 121 Å². The number of carbonyl (C=O) groups excluding carboxylic acids is 1. The van der Waals surface area contributed by atoms with Crippen LogP contribution in [0.1, 0.15) is 20.7 Å². The number of aromatic carboxylic acids is 1. The molecular weight excluding hydrogens is 190 g/mol. The molecule has 6 nitrogen and oxygen atoms in total. The first-order chi connectivity index (χ1) is 6.45. The number of primary amides is 1. The van der Waals surface area contributed by atoms with Crippen molar-refractivity contribution in [2.24, 2.45) is 5.73 Å². The quantitative estimate of drug-likeness (QED) is 0.527. The first-order valence-corrected chi connectivity index (χ1v) is 3.53. The van der Waals surface area contributed by atoms with Gasteiger partial charge in [-0.2, -0.15) is 0 Å². The standard InChI is InChI=1S/C8H7NO5/c9-7(12)5-4(10)2-1-3(6(5)11)8(13)14/h1-2,10-11H,(H2,9,12)(H,13,14). The van der Waals surface area contributed by atoms with E-state index in [2.05, 4.69) is 0 Å². The van der Waals surface area contributed by atoms with E-state index in [0.717, 1.165) is 12.1 Å². The molecule has 0 saturated carbocycles. The third-order valence-electron chi connectivity index (χ3n) is 1.63. The molecule has 0 unspecified atom stereocenters. The summed E-state index contributed by atoms with van der Waals surface area (Å²) in [6.07, 6.45) is 0. The second-order valence-corrected chi connectivity index (χ2v) is 2.53. The monoisotopic (exact) mass is 197 g/mol. The summed E-state index contributed by atoms with van der Waals surface area (Å²) < 4.78 is 0. The fraction of sp³-hybridized carbons (Fsp3) is 0. The minimum absolute atomic E-state index is 0.489. The van der Waals surface area contributed by atoms with Gasteiger partial charge in [0.2, 0.25) is 0 Å². The van der Waals surface area contributed by atoms with Crippen molar-refractivity contribution < 1.29 is 24.9 Å². The third kappa shape index (κ3) is 1.45. The number of nitrogens with two attached hydrogens (primary N) is 1. The highest BCUT2D eigenvalue weighted by atomic mass is 16.4. The van der Waals surface area contributed by atoms with Crippen LogP contribution < -0.4 is 5.73 Å². The Morgan fingerprint density at radius 1 is 1.21 bits per heavy atom. The number of amides is 1. The van der Waals surface area contributed by atoms with Gasteiger partial charge in [0, 0.05) is 0 Å². The number of carboxylic acid groups (broad SMARTS) is 1. The maximum Gasteiger partial charge on any atom is 0.339 e. The van der Waals surface area contributed by atoms with Crippen molar-refractivity contribution in [2.75, 3.05) is 0 Å². The summed E-state index contributed by atoms with van der Waals surface area (Å²) in [6.45, 7) is 0. The van der Waals surface area contributed by atoms with Crippen molar-refractivity contribution in [3.8, 4) is 11.5 Å².